The Morgan fingerprint density at radius 2 is 1.62 bits per heavy atom. The van der Waals surface area contributed by atoms with Crippen LogP contribution in [0.2, 0.25) is 0 Å². The summed E-state index contributed by atoms with van der Waals surface area (Å²) in [5.74, 6) is 0.558. The predicted molar refractivity (Wildman–Crippen MR) is 87.0 cm³/mol. The zero-order valence-corrected chi connectivity index (χ0v) is 12.4. The summed E-state index contributed by atoms with van der Waals surface area (Å²) in [7, 11) is 0. The second-order valence-corrected chi connectivity index (χ2v) is 6.14. The second kappa shape index (κ2) is 5.33. The molecule has 1 fully saturated rings. The van der Waals surface area contributed by atoms with Crippen LogP contribution in [0.1, 0.15) is 36.8 Å². The molecule has 2 aromatic carbocycles. The summed E-state index contributed by atoms with van der Waals surface area (Å²) >= 11 is 0. The fraction of sp³-hybridized carbons (Fsp3) is 0.250. The highest BCUT2D eigenvalue weighted by atomic mass is 16.1. The quantitative estimate of drug-likeness (QED) is 0.783. The molecule has 0 unspecified atom stereocenters. The molecule has 0 amide bonds. The first-order valence-electron chi connectivity index (χ1n) is 7.43. The molecule has 0 spiro atoms. The maximum Gasteiger partial charge on any atom is 0.134 e. The molecule has 1 saturated carbocycles. The second-order valence-electron chi connectivity index (χ2n) is 6.14. The van der Waals surface area contributed by atoms with Crippen molar-refractivity contribution in [1.29, 1.82) is 0 Å². The minimum absolute atomic E-state index is 0.195. The van der Waals surface area contributed by atoms with Gasteiger partial charge in [-0.3, -0.25) is 4.79 Å². The number of hydrogen-bond acceptors (Lipinski definition) is 1. The molecule has 1 aliphatic carbocycles. The van der Waals surface area contributed by atoms with Crippen molar-refractivity contribution in [3.8, 4) is 0 Å². The topological polar surface area (TPSA) is 17.1 Å². The third-order valence-electron chi connectivity index (χ3n) is 4.78. The van der Waals surface area contributed by atoms with E-state index in [1.807, 2.05) is 36.4 Å². The summed E-state index contributed by atoms with van der Waals surface area (Å²) in [6.45, 7) is 6.52. The van der Waals surface area contributed by atoms with Crippen molar-refractivity contribution in [2.24, 2.45) is 5.41 Å². The summed E-state index contributed by atoms with van der Waals surface area (Å²) < 4.78 is 0. The summed E-state index contributed by atoms with van der Waals surface area (Å²) in [5.41, 5.74) is 3.25. The maximum absolute atomic E-state index is 12.1. The van der Waals surface area contributed by atoms with Crippen molar-refractivity contribution in [2.45, 2.75) is 25.7 Å². The van der Waals surface area contributed by atoms with Crippen LogP contribution in [0.25, 0.3) is 5.57 Å². The molecule has 0 aromatic heterocycles. The molecule has 0 radical (unpaired) electrons. The van der Waals surface area contributed by atoms with E-state index in [9.17, 15) is 4.79 Å². The highest BCUT2D eigenvalue weighted by Crippen LogP contribution is 2.54. The Hall–Kier alpha value is -2.15. The van der Waals surface area contributed by atoms with E-state index < -0.39 is 0 Å². The normalized spacial score (nSPS) is 25.0. The Morgan fingerprint density at radius 1 is 1.05 bits per heavy atom. The van der Waals surface area contributed by atoms with E-state index in [-0.39, 0.29) is 11.3 Å². The van der Waals surface area contributed by atoms with Gasteiger partial charge in [0.1, 0.15) is 5.78 Å². The van der Waals surface area contributed by atoms with Gasteiger partial charge in [-0.2, -0.15) is 0 Å². The molecule has 1 aliphatic rings. The Bertz CT molecular complexity index is 657. The minimum Gasteiger partial charge on any atom is -0.300 e. The van der Waals surface area contributed by atoms with E-state index in [0.717, 1.165) is 11.1 Å². The summed E-state index contributed by atoms with van der Waals surface area (Å²) in [4.78, 5) is 12.1. The highest BCUT2D eigenvalue weighted by Gasteiger charge is 2.46. The molecular weight excluding hydrogens is 256 g/mol. The molecule has 3 rings (SSSR count). The molecule has 0 saturated heterocycles. The molecule has 106 valence electrons. The number of carbonyl (C=O) groups is 1. The molecule has 2 aromatic rings. The molecule has 1 heteroatoms. The molecule has 1 nitrogen and oxygen atoms in total. The molecule has 0 bridgehead atoms. The van der Waals surface area contributed by atoms with Crippen LogP contribution in [0, 0.1) is 5.41 Å². The highest BCUT2D eigenvalue weighted by molar-refractivity contribution is 5.88. The first-order chi connectivity index (χ1) is 10.1. The zero-order chi connectivity index (χ0) is 14.9. The first kappa shape index (κ1) is 13.8. The lowest BCUT2D eigenvalue weighted by Crippen LogP contribution is -2.21. The van der Waals surface area contributed by atoms with E-state index >= 15 is 0 Å². The van der Waals surface area contributed by atoms with E-state index in [2.05, 4.69) is 37.8 Å². The fourth-order valence-electron chi connectivity index (χ4n) is 3.52. The van der Waals surface area contributed by atoms with E-state index in [0.29, 0.717) is 18.6 Å². The Labute approximate surface area is 126 Å². The van der Waals surface area contributed by atoms with Crippen LogP contribution in [-0.2, 0) is 4.79 Å². The van der Waals surface area contributed by atoms with Gasteiger partial charge in [-0.25, -0.2) is 0 Å². The van der Waals surface area contributed by atoms with Gasteiger partial charge in [-0.1, -0.05) is 74.2 Å². The number of hydrogen-bond donors (Lipinski definition) is 0. The maximum atomic E-state index is 12.1. The van der Waals surface area contributed by atoms with Gasteiger partial charge >= 0.3 is 0 Å². The Kier molecular flexibility index (Phi) is 3.50. The summed E-state index contributed by atoms with van der Waals surface area (Å²) in [6.07, 6.45) is 1.20. The van der Waals surface area contributed by atoms with Gasteiger partial charge in [0.05, 0.1) is 0 Å². The fourth-order valence-corrected chi connectivity index (χ4v) is 3.52. The van der Waals surface area contributed by atoms with Gasteiger partial charge < -0.3 is 0 Å². The molecule has 0 N–H and O–H groups in total. The van der Waals surface area contributed by atoms with Gasteiger partial charge in [-0.05, 0) is 16.7 Å². The average Bonchev–Trinajstić information content (AvgIpc) is 2.84. The van der Waals surface area contributed by atoms with E-state index in [1.54, 1.807) is 0 Å². The molecule has 2 atom stereocenters. The SMILES string of the molecule is C=C(c1ccccc1)[C@]1(C)CC(=O)C[C@@H]1c1ccccc1. The molecule has 0 aliphatic heterocycles. The van der Waals surface area contributed by atoms with Crippen LogP contribution >= 0.6 is 0 Å². The van der Waals surface area contributed by atoms with Crippen LogP contribution in [0.15, 0.2) is 67.2 Å². The lowest BCUT2D eigenvalue weighted by molar-refractivity contribution is -0.117. The van der Waals surface area contributed by atoms with Crippen molar-refractivity contribution in [2.75, 3.05) is 0 Å². The smallest absolute Gasteiger partial charge is 0.134 e. The minimum atomic E-state index is -0.195. The Balaban J connectivity index is 2.01. The van der Waals surface area contributed by atoms with Crippen molar-refractivity contribution in [3.63, 3.8) is 0 Å². The van der Waals surface area contributed by atoms with Gasteiger partial charge in [0.2, 0.25) is 0 Å². The third-order valence-corrected chi connectivity index (χ3v) is 4.78. The monoisotopic (exact) mass is 276 g/mol. The van der Waals surface area contributed by atoms with E-state index in [1.165, 1.54) is 5.56 Å². The molecular formula is C20H20O. The standard InChI is InChI=1S/C20H20O/c1-15(16-9-5-3-6-10-16)20(2)14-18(21)13-19(20)17-11-7-4-8-12-17/h3-12,19H,1,13-14H2,2H3/t19-,20+/m1/s1. The van der Waals surface area contributed by atoms with Crippen molar-refractivity contribution in [1.82, 2.24) is 0 Å². The number of rotatable bonds is 3. The number of ketones is 1. The van der Waals surface area contributed by atoms with Crippen molar-refractivity contribution < 1.29 is 4.79 Å². The van der Waals surface area contributed by atoms with Crippen LogP contribution in [0.5, 0.6) is 0 Å². The van der Waals surface area contributed by atoms with Crippen molar-refractivity contribution >= 4 is 11.4 Å². The van der Waals surface area contributed by atoms with Crippen LogP contribution in [0.3, 0.4) is 0 Å². The third kappa shape index (κ3) is 2.44. The van der Waals surface area contributed by atoms with Gasteiger partial charge in [0.25, 0.3) is 0 Å². The lowest BCUT2D eigenvalue weighted by Gasteiger charge is -2.33. The predicted octanol–water partition coefficient (Wildman–Crippen LogP) is 4.85. The van der Waals surface area contributed by atoms with Gasteiger partial charge in [0.15, 0.2) is 0 Å². The average molecular weight is 276 g/mol. The molecule has 21 heavy (non-hydrogen) atoms. The van der Waals surface area contributed by atoms with E-state index in [4.69, 9.17) is 0 Å². The largest absolute Gasteiger partial charge is 0.300 e. The summed E-state index contributed by atoms with van der Waals surface area (Å²) in [6, 6.07) is 20.6. The van der Waals surface area contributed by atoms with Crippen molar-refractivity contribution in [3.05, 3.63) is 78.4 Å². The van der Waals surface area contributed by atoms with Crippen LogP contribution in [0.4, 0.5) is 0 Å². The molecule has 0 heterocycles. The van der Waals surface area contributed by atoms with Gasteiger partial charge in [-0.15, -0.1) is 0 Å². The number of carbonyl (C=O) groups excluding carboxylic acids is 1. The number of benzene rings is 2. The number of allylic oxidation sites excluding steroid dienone is 1. The lowest BCUT2D eigenvalue weighted by atomic mass is 9.69. The van der Waals surface area contributed by atoms with Crippen LogP contribution < -0.4 is 0 Å². The summed E-state index contributed by atoms with van der Waals surface area (Å²) in [5, 5.41) is 0. The number of Topliss-reactive ketones (excluding diaryl/α,β-unsaturated/α-hetero) is 1. The zero-order valence-electron chi connectivity index (χ0n) is 12.4. The Morgan fingerprint density at radius 3 is 2.24 bits per heavy atom. The first-order valence-corrected chi connectivity index (χ1v) is 7.43. The van der Waals surface area contributed by atoms with Crippen LogP contribution in [-0.4, -0.2) is 5.78 Å². The van der Waals surface area contributed by atoms with Gasteiger partial charge in [0, 0.05) is 24.2 Å².